The third-order valence-electron chi connectivity index (χ3n) is 4.34. The second-order valence-electron chi connectivity index (χ2n) is 5.75. The number of Topliss-reactive ketones (excluding diaryl/α,β-unsaturated/α-hetero) is 1. The van der Waals surface area contributed by atoms with E-state index in [0.29, 0.717) is 12.2 Å². The molecule has 0 N–H and O–H groups in total. The molecule has 3 aromatic carbocycles. The maximum absolute atomic E-state index is 12.7. The molecule has 0 radical (unpaired) electrons. The SMILES string of the molecule is Cc1ccccc1C1CC(=O)c2c(ccc3ccccc23)O1. The number of carbonyl (C=O) groups is 1. The molecule has 0 spiro atoms. The van der Waals surface area contributed by atoms with Gasteiger partial charge in [0.2, 0.25) is 0 Å². The van der Waals surface area contributed by atoms with Gasteiger partial charge in [0.1, 0.15) is 11.9 Å². The first-order valence-electron chi connectivity index (χ1n) is 7.51. The standard InChI is InChI=1S/C20H16O2/c1-13-6-2-4-8-15(13)19-12-17(21)20-16-9-5-3-7-14(16)10-11-18(20)22-19/h2-11,19H,12H2,1H3. The molecule has 0 aliphatic carbocycles. The monoisotopic (exact) mass is 288 g/mol. The normalized spacial score (nSPS) is 17.1. The number of rotatable bonds is 1. The first kappa shape index (κ1) is 13.1. The Morgan fingerprint density at radius 2 is 1.73 bits per heavy atom. The summed E-state index contributed by atoms with van der Waals surface area (Å²) >= 11 is 0. The van der Waals surface area contributed by atoms with Crippen molar-refractivity contribution in [1.29, 1.82) is 0 Å². The van der Waals surface area contributed by atoms with Crippen LogP contribution in [0.3, 0.4) is 0 Å². The summed E-state index contributed by atoms with van der Waals surface area (Å²) in [4.78, 5) is 12.7. The van der Waals surface area contributed by atoms with Gasteiger partial charge in [-0.1, -0.05) is 54.6 Å². The summed E-state index contributed by atoms with van der Waals surface area (Å²) in [7, 11) is 0. The molecule has 2 nitrogen and oxygen atoms in total. The maximum atomic E-state index is 12.7. The Morgan fingerprint density at radius 3 is 2.59 bits per heavy atom. The molecule has 0 saturated heterocycles. The van der Waals surface area contributed by atoms with Crippen LogP contribution in [0.1, 0.15) is 34.0 Å². The van der Waals surface area contributed by atoms with Crippen molar-refractivity contribution in [3.05, 3.63) is 77.4 Å². The highest BCUT2D eigenvalue weighted by Crippen LogP contribution is 2.39. The lowest BCUT2D eigenvalue weighted by Crippen LogP contribution is -2.21. The van der Waals surface area contributed by atoms with E-state index in [1.165, 1.54) is 0 Å². The predicted octanol–water partition coefficient (Wildman–Crippen LogP) is 4.85. The first-order chi connectivity index (χ1) is 10.7. The Hall–Kier alpha value is -2.61. The highest BCUT2D eigenvalue weighted by atomic mass is 16.5. The third-order valence-corrected chi connectivity index (χ3v) is 4.34. The van der Waals surface area contributed by atoms with Crippen LogP contribution < -0.4 is 4.74 Å². The summed E-state index contributed by atoms with van der Waals surface area (Å²) in [6.45, 7) is 2.05. The van der Waals surface area contributed by atoms with Crippen molar-refractivity contribution in [3.8, 4) is 5.75 Å². The van der Waals surface area contributed by atoms with Gasteiger partial charge in [-0.3, -0.25) is 4.79 Å². The van der Waals surface area contributed by atoms with E-state index in [4.69, 9.17) is 4.74 Å². The summed E-state index contributed by atoms with van der Waals surface area (Å²) in [6, 6.07) is 20.0. The fraction of sp³-hybridized carbons (Fsp3) is 0.150. The molecule has 1 heterocycles. The summed E-state index contributed by atoms with van der Waals surface area (Å²) in [6.07, 6.45) is 0.202. The molecule has 0 amide bonds. The number of carbonyl (C=O) groups excluding carboxylic acids is 1. The number of benzene rings is 3. The largest absolute Gasteiger partial charge is 0.484 e. The van der Waals surface area contributed by atoms with Crippen LogP contribution in [0, 0.1) is 6.92 Å². The van der Waals surface area contributed by atoms with E-state index >= 15 is 0 Å². The van der Waals surface area contributed by atoms with E-state index < -0.39 is 0 Å². The van der Waals surface area contributed by atoms with Crippen LogP contribution in [0.5, 0.6) is 5.75 Å². The first-order valence-corrected chi connectivity index (χ1v) is 7.51. The van der Waals surface area contributed by atoms with Crippen LogP contribution >= 0.6 is 0 Å². The number of ketones is 1. The van der Waals surface area contributed by atoms with Crippen molar-refractivity contribution in [2.45, 2.75) is 19.4 Å². The Balaban J connectivity index is 1.83. The summed E-state index contributed by atoms with van der Waals surface area (Å²) in [5, 5.41) is 2.06. The van der Waals surface area contributed by atoms with E-state index in [1.54, 1.807) is 0 Å². The van der Waals surface area contributed by atoms with Crippen molar-refractivity contribution in [1.82, 2.24) is 0 Å². The molecular formula is C20H16O2. The molecule has 0 bridgehead atoms. The van der Waals surface area contributed by atoms with Crippen molar-refractivity contribution < 1.29 is 9.53 Å². The van der Waals surface area contributed by atoms with Crippen LogP contribution in [-0.2, 0) is 0 Å². The van der Waals surface area contributed by atoms with Crippen LogP contribution in [0.4, 0.5) is 0 Å². The summed E-state index contributed by atoms with van der Waals surface area (Å²) in [5.74, 6) is 0.856. The van der Waals surface area contributed by atoms with Crippen LogP contribution in [-0.4, -0.2) is 5.78 Å². The van der Waals surface area contributed by atoms with Gasteiger partial charge >= 0.3 is 0 Å². The summed E-state index contributed by atoms with van der Waals surface area (Å²) in [5.41, 5.74) is 2.97. The number of aryl methyl sites for hydroxylation is 1. The van der Waals surface area contributed by atoms with Crippen LogP contribution in [0.15, 0.2) is 60.7 Å². The topological polar surface area (TPSA) is 26.3 Å². The smallest absolute Gasteiger partial charge is 0.171 e. The molecule has 1 aliphatic rings. The molecular weight excluding hydrogens is 272 g/mol. The van der Waals surface area contributed by atoms with Crippen LogP contribution in [0.2, 0.25) is 0 Å². The lowest BCUT2D eigenvalue weighted by molar-refractivity contribution is 0.0852. The Labute approximate surface area is 129 Å². The molecule has 2 heteroatoms. The second-order valence-corrected chi connectivity index (χ2v) is 5.75. The minimum atomic E-state index is -0.192. The van der Waals surface area contributed by atoms with E-state index in [1.807, 2.05) is 54.6 Å². The number of hydrogen-bond donors (Lipinski definition) is 0. The molecule has 0 saturated carbocycles. The van der Waals surface area contributed by atoms with Gasteiger partial charge in [0.05, 0.1) is 12.0 Å². The molecule has 1 atom stereocenters. The zero-order chi connectivity index (χ0) is 15.1. The third kappa shape index (κ3) is 2.00. The minimum absolute atomic E-state index is 0.159. The number of ether oxygens (including phenoxy) is 1. The molecule has 22 heavy (non-hydrogen) atoms. The van der Waals surface area contributed by atoms with Gasteiger partial charge in [-0.25, -0.2) is 0 Å². The Morgan fingerprint density at radius 1 is 0.955 bits per heavy atom. The van der Waals surface area contributed by atoms with E-state index in [-0.39, 0.29) is 11.9 Å². The average molecular weight is 288 g/mol. The maximum Gasteiger partial charge on any atom is 0.171 e. The van der Waals surface area contributed by atoms with Gasteiger partial charge in [-0.05, 0) is 34.9 Å². The predicted molar refractivity (Wildman–Crippen MR) is 87.4 cm³/mol. The minimum Gasteiger partial charge on any atom is -0.484 e. The second kappa shape index (κ2) is 4.99. The molecule has 3 aromatic rings. The van der Waals surface area contributed by atoms with Crippen molar-refractivity contribution in [2.75, 3.05) is 0 Å². The number of hydrogen-bond acceptors (Lipinski definition) is 2. The Kier molecular flexibility index (Phi) is 2.97. The van der Waals surface area contributed by atoms with Gasteiger partial charge in [-0.2, -0.15) is 0 Å². The molecule has 1 unspecified atom stereocenters. The lowest BCUT2D eigenvalue weighted by atomic mass is 9.91. The van der Waals surface area contributed by atoms with Crippen molar-refractivity contribution in [3.63, 3.8) is 0 Å². The van der Waals surface area contributed by atoms with E-state index in [9.17, 15) is 4.79 Å². The van der Waals surface area contributed by atoms with Crippen molar-refractivity contribution in [2.24, 2.45) is 0 Å². The number of fused-ring (bicyclic) bond motifs is 3. The van der Waals surface area contributed by atoms with Gasteiger partial charge in [0, 0.05) is 0 Å². The fourth-order valence-corrected chi connectivity index (χ4v) is 3.22. The van der Waals surface area contributed by atoms with E-state index in [0.717, 1.165) is 27.5 Å². The van der Waals surface area contributed by atoms with Crippen molar-refractivity contribution >= 4 is 16.6 Å². The summed E-state index contributed by atoms with van der Waals surface area (Å²) < 4.78 is 6.16. The average Bonchev–Trinajstić information content (AvgIpc) is 2.54. The fourth-order valence-electron chi connectivity index (χ4n) is 3.22. The quantitative estimate of drug-likeness (QED) is 0.639. The molecule has 4 rings (SSSR count). The highest BCUT2D eigenvalue weighted by molar-refractivity contribution is 6.11. The van der Waals surface area contributed by atoms with Gasteiger partial charge in [0.25, 0.3) is 0 Å². The lowest BCUT2D eigenvalue weighted by Gasteiger charge is -2.27. The molecule has 108 valence electrons. The van der Waals surface area contributed by atoms with Gasteiger partial charge in [0.15, 0.2) is 5.78 Å². The Bertz CT molecular complexity index is 880. The molecule has 1 aliphatic heterocycles. The highest BCUT2D eigenvalue weighted by Gasteiger charge is 2.29. The van der Waals surface area contributed by atoms with E-state index in [2.05, 4.69) is 13.0 Å². The van der Waals surface area contributed by atoms with Gasteiger partial charge in [-0.15, -0.1) is 0 Å². The zero-order valence-corrected chi connectivity index (χ0v) is 12.4. The zero-order valence-electron chi connectivity index (χ0n) is 12.4. The molecule has 0 aromatic heterocycles. The molecule has 0 fully saturated rings. The van der Waals surface area contributed by atoms with Crippen LogP contribution in [0.25, 0.3) is 10.8 Å². The van der Waals surface area contributed by atoms with Gasteiger partial charge < -0.3 is 4.74 Å².